The predicted octanol–water partition coefficient (Wildman–Crippen LogP) is 3.28. The molecule has 0 saturated carbocycles. The summed E-state index contributed by atoms with van der Waals surface area (Å²) in [6.07, 6.45) is 8.76. The fraction of sp³-hybridized carbons (Fsp3) is 0.250. The molecule has 0 aliphatic heterocycles. The zero-order chi connectivity index (χ0) is 12.7. The lowest BCUT2D eigenvalue weighted by Gasteiger charge is -2.15. The van der Waals surface area contributed by atoms with Gasteiger partial charge < -0.3 is 0 Å². The van der Waals surface area contributed by atoms with E-state index in [0.717, 1.165) is 24.1 Å². The lowest BCUT2D eigenvalue weighted by Crippen LogP contribution is -2.10. The molecule has 19 heavy (non-hydrogen) atoms. The van der Waals surface area contributed by atoms with Crippen LogP contribution in [0.2, 0.25) is 0 Å². The minimum atomic E-state index is 0.979. The quantitative estimate of drug-likeness (QED) is 0.662. The van der Waals surface area contributed by atoms with Crippen LogP contribution in [0.25, 0.3) is 16.8 Å². The van der Waals surface area contributed by atoms with E-state index in [4.69, 9.17) is 0 Å². The first-order chi connectivity index (χ1) is 9.43. The van der Waals surface area contributed by atoms with E-state index in [1.54, 1.807) is 0 Å². The van der Waals surface area contributed by atoms with Crippen molar-refractivity contribution in [3.63, 3.8) is 0 Å². The Hall–Kier alpha value is -2.16. The van der Waals surface area contributed by atoms with E-state index in [0.29, 0.717) is 0 Å². The first-order valence-electron chi connectivity index (χ1n) is 6.83. The zero-order valence-electron chi connectivity index (χ0n) is 10.7. The van der Waals surface area contributed by atoms with E-state index < -0.39 is 0 Å². The van der Waals surface area contributed by atoms with Crippen LogP contribution in [0, 0.1) is 0 Å². The van der Waals surface area contributed by atoms with E-state index in [1.807, 2.05) is 23.0 Å². The topological polar surface area (TPSA) is 30.2 Å². The van der Waals surface area contributed by atoms with Gasteiger partial charge in [0.05, 0.1) is 6.20 Å². The molecule has 0 radical (unpaired) electrons. The van der Waals surface area contributed by atoms with Gasteiger partial charge in [-0.1, -0.05) is 30.3 Å². The number of benzene rings is 1. The van der Waals surface area contributed by atoms with Crippen molar-refractivity contribution in [2.24, 2.45) is 0 Å². The molecule has 0 unspecified atom stereocenters. The van der Waals surface area contributed by atoms with E-state index in [-0.39, 0.29) is 0 Å². The van der Waals surface area contributed by atoms with Gasteiger partial charge in [-0.05, 0) is 36.8 Å². The van der Waals surface area contributed by atoms with Crippen molar-refractivity contribution in [3.05, 3.63) is 54.0 Å². The van der Waals surface area contributed by atoms with E-state index in [1.165, 1.54) is 29.7 Å². The van der Waals surface area contributed by atoms with Gasteiger partial charge in [0.15, 0.2) is 5.65 Å². The van der Waals surface area contributed by atoms with Crippen molar-refractivity contribution in [1.29, 1.82) is 0 Å². The maximum absolute atomic E-state index is 4.63. The van der Waals surface area contributed by atoms with Crippen molar-refractivity contribution in [3.8, 4) is 11.1 Å². The molecule has 1 aliphatic carbocycles. The van der Waals surface area contributed by atoms with Gasteiger partial charge in [0, 0.05) is 17.5 Å². The third kappa shape index (κ3) is 1.65. The fourth-order valence-corrected chi connectivity index (χ4v) is 2.92. The number of aromatic nitrogens is 3. The Morgan fingerprint density at radius 3 is 2.68 bits per heavy atom. The third-order valence-corrected chi connectivity index (χ3v) is 3.91. The van der Waals surface area contributed by atoms with Gasteiger partial charge in [0.25, 0.3) is 0 Å². The minimum absolute atomic E-state index is 0.979. The van der Waals surface area contributed by atoms with Gasteiger partial charge in [0.1, 0.15) is 0 Å². The lowest BCUT2D eigenvalue weighted by molar-refractivity contribution is 0.640. The van der Waals surface area contributed by atoms with Crippen LogP contribution < -0.4 is 0 Å². The number of hydrogen-bond acceptors (Lipinski definition) is 2. The maximum atomic E-state index is 4.63. The number of aryl methyl sites for hydroxylation is 2. The molecule has 0 saturated heterocycles. The molecule has 3 aromatic rings. The molecule has 0 bridgehead atoms. The van der Waals surface area contributed by atoms with Crippen LogP contribution in [-0.4, -0.2) is 14.6 Å². The second-order valence-corrected chi connectivity index (χ2v) is 5.10. The normalized spacial score (nSPS) is 14.5. The number of nitrogens with zero attached hydrogens (tertiary/aromatic N) is 3. The molecule has 3 heteroatoms. The molecule has 1 aliphatic rings. The summed E-state index contributed by atoms with van der Waals surface area (Å²) in [6, 6.07) is 10.4. The van der Waals surface area contributed by atoms with Gasteiger partial charge in [-0.2, -0.15) is 5.10 Å². The van der Waals surface area contributed by atoms with Gasteiger partial charge in [-0.25, -0.2) is 9.50 Å². The number of hydrogen-bond donors (Lipinski definition) is 0. The molecule has 2 aromatic heterocycles. The van der Waals surface area contributed by atoms with E-state index in [2.05, 4.69) is 34.3 Å². The molecule has 1 aromatic carbocycles. The van der Waals surface area contributed by atoms with Crippen molar-refractivity contribution in [2.45, 2.75) is 25.7 Å². The Morgan fingerprint density at radius 2 is 1.79 bits per heavy atom. The summed E-state index contributed by atoms with van der Waals surface area (Å²) in [7, 11) is 0. The molecule has 3 nitrogen and oxygen atoms in total. The molecule has 94 valence electrons. The highest BCUT2D eigenvalue weighted by molar-refractivity contribution is 5.77. The van der Waals surface area contributed by atoms with Crippen molar-refractivity contribution < 1.29 is 0 Å². The largest absolute Gasteiger partial charge is 0.236 e. The fourth-order valence-electron chi connectivity index (χ4n) is 2.92. The van der Waals surface area contributed by atoms with Crippen molar-refractivity contribution in [2.75, 3.05) is 0 Å². The van der Waals surface area contributed by atoms with E-state index >= 15 is 0 Å². The van der Waals surface area contributed by atoms with Crippen LogP contribution in [0.3, 0.4) is 0 Å². The van der Waals surface area contributed by atoms with Crippen molar-refractivity contribution >= 4 is 5.65 Å². The summed E-state index contributed by atoms with van der Waals surface area (Å²) in [6.45, 7) is 0. The van der Waals surface area contributed by atoms with Crippen LogP contribution >= 0.6 is 0 Å². The molecular formula is C16H15N3. The van der Waals surface area contributed by atoms with Crippen LogP contribution in [0.4, 0.5) is 0 Å². The van der Waals surface area contributed by atoms with Crippen LogP contribution in [0.5, 0.6) is 0 Å². The highest BCUT2D eigenvalue weighted by atomic mass is 15.3. The predicted molar refractivity (Wildman–Crippen MR) is 75.1 cm³/mol. The van der Waals surface area contributed by atoms with Crippen LogP contribution in [-0.2, 0) is 12.8 Å². The first-order valence-corrected chi connectivity index (χ1v) is 6.83. The summed E-state index contributed by atoms with van der Waals surface area (Å²) in [5.41, 5.74) is 5.99. The van der Waals surface area contributed by atoms with Crippen molar-refractivity contribution in [1.82, 2.24) is 14.6 Å². The van der Waals surface area contributed by atoms with Gasteiger partial charge in [-0.15, -0.1) is 0 Å². The summed E-state index contributed by atoms with van der Waals surface area (Å²) < 4.78 is 2.04. The summed E-state index contributed by atoms with van der Waals surface area (Å²) in [4.78, 5) is 4.63. The average molecular weight is 249 g/mol. The maximum Gasteiger partial charge on any atom is 0.163 e. The van der Waals surface area contributed by atoms with Crippen LogP contribution in [0.15, 0.2) is 42.7 Å². The molecule has 0 fully saturated rings. The van der Waals surface area contributed by atoms with Gasteiger partial charge in [0.2, 0.25) is 0 Å². The monoisotopic (exact) mass is 249 g/mol. The SMILES string of the molecule is c1ccc(-c2cnn3c4c(cnc23)CCCC4)cc1. The highest BCUT2D eigenvalue weighted by Gasteiger charge is 2.16. The number of rotatable bonds is 1. The molecule has 4 rings (SSSR count). The molecule has 0 amide bonds. The first kappa shape index (κ1) is 10.7. The van der Waals surface area contributed by atoms with Gasteiger partial charge >= 0.3 is 0 Å². The Labute approximate surface area is 111 Å². The molecular weight excluding hydrogens is 234 g/mol. The molecule has 0 N–H and O–H groups in total. The highest BCUT2D eigenvalue weighted by Crippen LogP contribution is 2.27. The molecule has 0 atom stereocenters. The zero-order valence-corrected chi connectivity index (χ0v) is 10.7. The Balaban J connectivity index is 1.96. The second-order valence-electron chi connectivity index (χ2n) is 5.10. The average Bonchev–Trinajstić information content (AvgIpc) is 2.92. The lowest BCUT2D eigenvalue weighted by atomic mass is 9.97. The van der Waals surface area contributed by atoms with E-state index in [9.17, 15) is 0 Å². The standard InChI is InChI=1S/C16H15N3/c1-2-6-12(7-3-1)14-11-18-19-15-9-5-4-8-13(15)10-17-16(14)19/h1-3,6-7,10-11H,4-5,8-9H2. The van der Waals surface area contributed by atoms with Gasteiger partial charge in [-0.3, -0.25) is 0 Å². The Kier molecular flexibility index (Phi) is 2.37. The molecule has 0 spiro atoms. The third-order valence-electron chi connectivity index (χ3n) is 3.91. The van der Waals surface area contributed by atoms with Crippen LogP contribution in [0.1, 0.15) is 24.1 Å². The summed E-state index contributed by atoms with van der Waals surface area (Å²) in [5.74, 6) is 0. The Morgan fingerprint density at radius 1 is 0.947 bits per heavy atom. The molecule has 2 heterocycles. The summed E-state index contributed by atoms with van der Waals surface area (Å²) >= 11 is 0. The summed E-state index contributed by atoms with van der Waals surface area (Å²) in [5, 5.41) is 4.56. The Bertz CT molecular complexity index is 728. The smallest absolute Gasteiger partial charge is 0.163 e. The number of fused-ring (bicyclic) bond motifs is 3. The minimum Gasteiger partial charge on any atom is -0.236 e. The second kappa shape index (κ2) is 4.19.